The largest absolute Gasteiger partial charge is 0.378 e. The van der Waals surface area contributed by atoms with Crippen LogP contribution in [-0.4, -0.2) is 73.1 Å². The number of rotatable bonds is 4. The second-order valence-electron chi connectivity index (χ2n) is 7.27. The first-order valence-corrected chi connectivity index (χ1v) is 11.1. The Balaban J connectivity index is 1.48. The minimum Gasteiger partial charge on any atom is -0.378 e. The fourth-order valence-corrected chi connectivity index (χ4v) is 5.28. The van der Waals surface area contributed by atoms with Gasteiger partial charge in [-0.2, -0.15) is 9.40 Å². The molecule has 4 rings (SSSR count). The Labute approximate surface area is 168 Å². The van der Waals surface area contributed by atoms with Crippen molar-refractivity contribution in [3.63, 3.8) is 0 Å². The zero-order chi connectivity index (χ0) is 20.4. The number of benzene rings is 1. The molecule has 156 valence electrons. The lowest BCUT2D eigenvalue weighted by atomic mass is 9.96. The zero-order valence-corrected chi connectivity index (χ0v) is 16.7. The molecule has 1 N–H and O–H groups in total. The standard InChI is InChI=1S/C19H23FN4O4S/c20-15-3-5-16(6-4-15)29(26,27)24-7-1-2-14(13-24)17-12-18(22-21-17)19(25)23-8-10-28-11-9-23/h3-6,12,14H,1-2,7-11,13H2,(H,21,22). The second kappa shape index (κ2) is 8.21. The van der Waals surface area contributed by atoms with Crippen LogP contribution in [0.25, 0.3) is 0 Å². The number of sulfonamides is 1. The molecule has 2 fully saturated rings. The maximum absolute atomic E-state index is 13.1. The van der Waals surface area contributed by atoms with E-state index in [1.54, 1.807) is 11.0 Å². The number of carbonyl (C=O) groups is 1. The number of ether oxygens (including phenoxy) is 1. The van der Waals surface area contributed by atoms with Crippen LogP contribution in [0.2, 0.25) is 0 Å². The summed E-state index contributed by atoms with van der Waals surface area (Å²) in [6.45, 7) is 2.79. The average molecular weight is 422 g/mol. The summed E-state index contributed by atoms with van der Waals surface area (Å²) < 4.78 is 45.6. The molecule has 0 saturated carbocycles. The lowest BCUT2D eigenvalue weighted by molar-refractivity contribution is 0.0299. The summed E-state index contributed by atoms with van der Waals surface area (Å²) in [5.74, 6) is -0.712. The van der Waals surface area contributed by atoms with Crippen LogP contribution < -0.4 is 0 Å². The first-order valence-electron chi connectivity index (χ1n) is 9.63. The number of nitrogens with zero attached hydrogens (tertiary/aromatic N) is 3. The van der Waals surface area contributed by atoms with E-state index in [0.29, 0.717) is 45.0 Å². The maximum atomic E-state index is 13.1. The molecule has 8 nitrogen and oxygen atoms in total. The van der Waals surface area contributed by atoms with Crippen molar-refractivity contribution in [2.24, 2.45) is 0 Å². The highest BCUT2D eigenvalue weighted by Crippen LogP contribution is 2.30. The summed E-state index contributed by atoms with van der Waals surface area (Å²) in [5.41, 5.74) is 1.08. The maximum Gasteiger partial charge on any atom is 0.274 e. The van der Waals surface area contributed by atoms with Crippen molar-refractivity contribution in [2.75, 3.05) is 39.4 Å². The molecule has 0 bridgehead atoms. The number of amides is 1. The van der Waals surface area contributed by atoms with Gasteiger partial charge in [-0.3, -0.25) is 9.89 Å². The van der Waals surface area contributed by atoms with Crippen LogP contribution >= 0.6 is 0 Å². The molecule has 2 aliphatic rings. The number of nitrogens with one attached hydrogen (secondary N) is 1. The van der Waals surface area contributed by atoms with Crippen LogP contribution in [0.1, 0.15) is 34.9 Å². The lowest BCUT2D eigenvalue weighted by Gasteiger charge is -2.31. The topological polar surface area (TPSA) is 95.6 Å². The van der Waals surface area contributed by atoms with Gasteiger partial charge in [0.15, 0.2) is 0 Å². The van der Waals surface area contributed by atoms with E-state index in [1.807, 2.05) is 0 Å². The summed E-state index contributed by atoms with van der Waals surface area (Å²) in [6, 6.07) is 6.57. The van der Waals surface area contributed by atoms with Crippen LogP contribution in [-0.2, 0) is 14.8 Å². The van der Waals surface area contributed by atoms with Gasteiger partial charge >= 0.3 is 0 Å². The van der Waals surface area contributed by atoms with Gasteiger partial charge in [0.05, 0.1) is 18.1 Å². The van der Waals surface area contributed by atoms with Crippen LogP contribution in [0.3, 0.4) is 0 Å². The number of hydrogen-bond acceptors (Lipinski definition) is 5. The average Bonchev–Trinajstić information content (AvgIpc) is 3.24. The van der Waals surface area contributed by atoms with E-state index >= 15 is 0 Å². The van der Waals surface area contributed by atoms with Crippen LogP contribution in [0, 0.1) is 5.82 Å². The number of piperidine rings is 1. The number of morpholine rings is 1. The van der Waals surface area contributed by atoms with E-state index in [4.69, 9.17) is 4.74 Å². The number of halogens is 1. The van der Waals surface area contributed by atoms with Crippen molar-refractivity contribution in [1.29, 1.82) is 0 Å². The Morgan fingerprint density at radius 2 is 1.90 bits per heavy atom. The fraction of sp³-hybridized carbons (Fsp3) is 0.474. The molecule has 2 saturated heterocycles. The van der Waals surface area contributed by atoms with E-state index < -0.39 is 15.8 Å². The molecule has 0 radical (unpaired) electrons. The highest BCUT2D eigenvalue weighted by Gasteiger charge is 2.32. The predicted molar refractivity (Wildman–Crippen MR) is 102 cm³/mol. The van der Waals surface area contributed by atoms with Crippen molar-refractivity contribution in [3.05, 3.63) is 47.5 Å². The van der Waals surface area contributed by atoms with Crippen LogP contribution in [0.5, 0.6) is 0 Å². The molecule has 1 atom stereocenters. The van der Waals surface area contributed by atoms with E-state index in [0.717, 1.165) is 24.2 Å². The fourth-order valence-electron chi connectivity index (χ4n) is 3.75. The first kappa shape index (κ1) is 20.0. The van der Waals surface area contributed by atoms with Gasteiger partial charge in [0, 0.05) is 37.8 Å². The molecule has 2 aromatic rings. The Morgan fingerprint density at radius 1 is 1.17 bits per heavy atom. The van der Waals surface area contributed by atoms with Gasteiger partial charge in [-0.05, 0) is 43.2 Å². The van der Waals surface area contributed by atoms with Crippen molar-refractivity contribution in [3.8, 4) is 0 Å². The highest BCUT2D eigenvalue weighted by atomic mass is 32.2. The van der Waals surface area contributed by atoms with Crippen molar-refractivity contribution in [1.82, 2.24) is 19.4 Å². The third kappa shape index (κ3) is 4.19. The number of aromatic amines is 1. The van der Waals surface area contributed by atoms with Crippen molar-refractivity contribution in [2.45, 2.75) is 23.7 Å². The molecule has 10 heteroatoms. The highest BCUT2D eigenvalue weighted by molar-refractivity contribution is 7.89. The molecule has 29 heavy (non-hydrogen) atoms. The summed E-state index contributed by atoms with van der Waals surface area (Å²) in [7, 11) is -3.70. The molecule has 1 unspecified atom stereocenters. The Hall–Kier alpha value is -2.30. The van der Waals surface area contributed by atoms with Gasteiger partial charge in [0.1, 0.15) is 11.5 Å². The van der Waals surface area contributed by atoms with Crippen LogP contribution in [0.4, 0.5) is 4.39 Å². The normalized spacial score (nSPS) is 21.3. The van der Waals surface area contributed by atoms with Gasteiger partial charge in [0.25, 0.3) is 5.91 Å². The van der Waals surface area contributed by atoms with Gasteiger partial charge in [-0.25, -0.2) is 12.8 Å². The molecule has 3 heterocycles. The number of aromatic nitrogens is 2. The van der Waals surface area contributed by atoms with Gasteiger partial charge in [-0.15, -0.1) is 0 Å². The Morgan fingerprint density at radius 3 is 2.62 bits per heavy atom. The third-order valence-corrected chi connectivity index (χ3v) is 7.27. The quantitative estimate of drug-likeness (QED) is 0.807. The third-order valence-electron chi connectivity index (χ3n) is 5.39. The smallest absolute Gasteiger partial charge is 0.274 e. The molecule has 2 aliphatic heterocycles. The first-order chi connectivity index (χ1) is 13.9. The van der Waals surface area contributed by atoms with E-state index in [9.17, 15) is 17.6 Å². The number of H-pyrrole nitrogens is 1. The van der Waals surface area contributed by atoms with Crippen molar-refractivity contribution < 1.29 is 22.3 Å². The molecule has 1 amide bonds. The zero-order valence-electron chi connectivity index (χ0n) is 15.9. The SMILES string of the molecule is O=C(c1cc(C2CCCN(S(=O)(=O)c3ccc(F)cc3)C2)[nH]n1)N1CCOCC1. The van der Waals surface area contributed by atoms with Gasteiger partial charge in [0.2, 0.25) is 10.0 Å². The number of hydrogen-bond donors (Lipinski definition) is 1. The Bertz CT molecular complexity index is 970. The summed E-state index contributed by atoms with van der Waals surface area (Å²) in [6.07, 6.45) is 1.49. The Kier molecular flexibility index (Phi) is 5.66. The minimum atomic E-state index is -3.70. The monoisotopic (exact) mass is 422 g/mol. The van der Waals surface area contributed by atoms with E-state index in [1.165, 1.54) is 16.4 Å². The predicted octanol–water partition coefficient (Wildman–Crippen LogP) is 1.59. The molecule has 0 spiro atoms. The molecule has 1 aromatic carbocycles. The number of carbonyl (C=O) groups excluding carboxylic acids is 1. The summed E-state index contributed by atoms with van der Waals surface area (Å²) >= 11 is 0. The summed E-state index contributed by atoms with van der Waals surface area (Å²) in [5, 5.41) is 7.07. The van der Waals surface area contributed by atoms with E-state index in [-0.39, 0.29) is 23.3 Å². The molecule has 0 aliphatic carbocycles. The second-order valence-corrected chi connectivity index (χ2v) is 9.21. The summed E-state index contributed by atoms with van der Waals surface area (Å²) in [4.78, 5) is 14.4. The van der Waals surface area contributed by atoms with Gasteiger partial charge < -0.3 is 9.64 Å². The lowest BCUT2D eigenvalue weighted by Crippen LogP contribution is -2.40. The van der Waals surface area contributed by atoms with E-state index in [2.05, 4.69) is 10.2 Å². The van der Waals surface area contributed by atoms with Gasteiger partial charge in [-0.1, -0.05) is 0 Å². The minimum absolute atomic E-state index is 0.0762. The molecule has 1 aromatic heterocycles. The molecular weight excluding hydrogens is 399 g/mol. The molecular formula is C19H23FN4O4S. The van der Waals surface area contributed by atoms with Crippen molar-refractivity contribution >= 4 is 15.9 Å². The van der Waals surface area contributed by atoms with Crippen LogP contribution in [0.15, 0.2) is 35.2 Å².